The van der Waals surface area contributed by atoms with Crippen LogP contribution in [-0.4, -0.2) is 32.7 Å². The quantitative estimate of drug-likeness (QED) is 0.746. The van der Waals surface area contributed by atoms with Crippen molar-refractivity contribution >= 4 is 25.8 Å². The SMILES string of the molecule is O=S(=O)(C(CBr)=C1CCC2(CC1)OCCO2)c1ccccc1. The van der Waals surface area contributed by atoms with Crippen LogP contribution in [0.4, 0.5) is 0 Å². The fraction of sp³-hybridized carbons (Fsp3) is 0.500. The first-order chi connectivity index (χ1) is 10.6. The Morgan fingerprint density at radius 3 is 2.23 bits per heavy atom. The van der Waals surface area contributed by atoms with Crippen LogP contribution < -0.4 is 0 Å². The van der Waals surface area contributed by atoms with Gasteiger partial charge in [-0.3, -0.25) is 0 Å². The largest absolute Gasteiger partial charge is 0.348 e. The van der Waals surface area contributed by atoms with E-state index in [9.17, 15) is 8.42 Å². The van der Waals surface area contributed by atoms with Crippen LogP contribution in [0.5, 0.6) is 0 Å². The number of rotatable bonds is 3. The summed E-state index contributed by atoms with van der Waals surface area (Å²) in [7, 11) is -3.43. The average Bonchev–Trinajstić information content (AvgIpc) is 2.99. The number of ether oxygens (including phenoxy) is 2. The van der Waals surface area contributed by atoms with Gasteiger partial charge in [0.25, 0.3) is 0 Å². The number of allylic oxidation sites excluding steroid dienone is 2. The van der Waals surface area contributed by atoms with Gasteiger partial charge in [0.2, 0.25) is 9.84 Å². The fourth-order valence-corrected chi connectivity index (χ4v) is 5.92. The summed E-state index contributed by atoms with van der Waals surface area (Å²) in [5.41, 5.74) is 0.991. The van der Waals surface area contributed by atoms with Gasteiger partial charge in [0, 0.05) is 18.2 Å². The van der Waals surface area contributed by atoms with Crippen LogP contribution in [0, 0.1) is 0 Å². The summed E-state index contributed by atoms with van der Waals surface area (Å²) in [6, 6.07) is 8.61. The maximum atomic E-state index is 12.8. The van der Waals surface area contributed by atoms with Gasteiger partial charge in [-0.25, -0.2) is 8.42 Å². The summed E-state index contributed by atoms with van der Waals surface area (Å²) < 4.78 is 37.1. The summed E-state index contributed by atoms with van der Waals surface area (Å²) in [5.74, 6) is -0.475. The Bertz CT molecular complexity index is 649. The zero-order chi connectivity index (χ0) is 15.6. The van der Waals surface area contributed by atoms with Gasteiger partial charge in [-0.1, -0.05) is 39.7 Å². The molecule has 1 aromatic rings. The minimum atomic E-state index is -3.43. The Morgan fingerprint density at radius 1 is 1.09 bits per heavy atom. The maximum Gasteiger partial charge on any atom is 0.203 e. The predicted octanol–water partition coefficient (Wildman–Crippen LogP) is 3.43. The van der Waals surface area contributed by atoms with E-state index in [1.54, 1.807) is 24.3 Å². The molecule has 0 bridgehead atoms. The zero-order valence-corrected chi connectivity index (χ0v) is 14.7. The van der Waals surface area contributed by atoms with E-state index in [0.717, 1.165) is 18.4 Å². The van der Waals surface area contributed by atoms with E-state index >= 15 is 0 Å². The minimum absolute atomic E-state index is 0.342. The standard InChI is InChI=1S/C16H19BrO4S/c17-12-15(22(18,19)14-4-2-1-3-5-14)13-6-8-16(9-7-13)20-10-11-21-16/h1-5H,6-12H2. The Kier molecular flexibility index (Phi) is 4.73. The highest BCUT2D eigenvalue weighted by Crippen LogP contribution is 2.40. The number of alkyl halides is 1. The first-order valence-corrected chi connectivity index (χ1v) is 10.0. The van der Waals surface area contributed by atoms with Crippen LogP contribution in [-0.2, 0) is 19.3 Å². The molecule has 1 saturated carbocycles. The monoisotopic (exact) mass is 386 g/mol. The number of halogens is 1. The molecule has 4 nitrogen and oxygen atoms in total. The van der Waals surface area contributed by atoms with Crippen LogP contribution in [0.15, 0.2) is 45.7 Å². The second-order valence-electron chi connectivity index (χ2n) is 5.58. The molecule has 3 rings (SSSR count). The van der Waals surface area contributed by atoms with Gasteiger partial charge in [0.05, 0.1) is 23.0 Å². The topological polar surface area (TPSA) is 52.6 Å². The second kappa shape index (κ2) is 6.43. The zero-order valence-electron chi connectivity index (χ0n) is 12.3. The molecule has 1 aliphatic carbocycles. The summed E-state index contributed by atoms with van der Waals surface area (Å²) in [6.45, 7) is 1.26. The molecule has 6 heteroatoms. The number of hydrogen-bond acceptors (Lipinski definition) is 4. The molecule has 1 aliphatic heterocycles. The molecule has 0 radical (unpaired) electrons. The van der Waals surface area contributed by atoms with Crippen LogP contribution in [0.1, 0.15) is 25.7 Å². The minimum Gasteiger partial charge on any atom is -0.348 e. The van der Waals surface area contributed by atoms with Gasteiger partial charge in [0.15, 0.2) is 5.79 Å². The van der Waals surface area contributed by atoms with Crippen molar-refractivity contribution in [2.24, 2.45) is 0 Å². The Hall–Kier alpha value is -0.690. The fourth-order valence-electron chi connectivity index (χ4n) is 3.10. The number of hydrogen-bond donors (Lipinski definition) is 0. The third-order valence-corrected chi connectivity index (χ3v) is 7.23. The predicted molar refractivity (Wildman–Crippen MR) is 87.6 cm³/mol. The summed E-state index contributed by atoms with van der Waals surface area (Å²) in [6.07, 6.45) is 2.85. The third kappa shape index (κ3) is 3.02. The number of benzene rings is 1. The van der Waals surface area contributed by atoms with Crippen molar-refractivity contribution in [1.82, 2.24) is 0 Å². The Balaban J connectivity index is 1.88. The van der Waals surface area contributed by atoms with Crippen molar-refractivity contribution in [3.63, 3.8) is 0 Å². The summed E-state index contributed by atoms with van der Waals surface area (Å²) in [4.78, 5) is 0.845. The van der Waals surface area contributed by atoms with Gasteiger partial charge in [-0.2, -0.15) is 0 Å². The van der Waals surface area contributed by atoms with Crippen molar-refractivity contribution < 1.29 is 17.9 Å². The van der Waals surface area contributed by atoms with Crippen molar-refractivity contribution in [3.8, 4) is 0 Å². The molecule has 0 amide bonds. The van der Waals surface area contributed by atoms with Crippen molar-refractivity contribution in [2.75, 3.05) is 18.5 Å². The molecule has 22 heavy (non-hydrogen) atoms. The van der Waals surface area contributed by atoms with Crippen LogP contribution >= 0.6 is 15.9 Å². The van der Waals surface area contributed by atoms with Gasteiger partial charge >= 0.3 is 0 Å². The van der Waals surface area contributed by atoms with Crippen molar-refractivity contribution in [1.29, 1.82) is 0 Å². The van der Waals surface area contributed by atoms with E-state index in [1.165, 1.54) is 0 Å². The molecule has 1 heterocycles. The Morgan fingerprint density at radius 2 is 1.68 bits per heavy atom. The highest BCUT2D eigenvalue weighted by Gasteiger charge is 2.40. The van der Waals surface area contributed by atoms with E-state index in [-0.39, 0.29) is 0 Å². The molecular weight excluding hydrogens is 368 g/mol. The van der Waals surface area contributed by atoms with E-state index in [2.05, 4.69) is 15.9 Å². The highest BCUT2D eigenvalue weighted by atomic mass is 79.9. The third-order valence-electron chi connectivity index (χ3n) is 4.32. The highest BCUT2D eigenvalue weighted by molar-refractivity contribution is 9.09. The van der Waals surface area contributed by atoms with E-state index in [1.807, 2.05) is 6.07 Å². The second-order valence-corrected chi connectivity index (χ2v) is 8.12. The van der Waals surface area contributed by atoms with Gasteiger partial charge in [-0.05, 0) is 25.0 Å². The van der Waals surface area contributed by atoms with Gasteiger partial charge in [0.1, 0.15) is 0 Å². The maximum absolute atomic E-state index is 12.8. The smallest absolute Gasteiger partial charge is 0.203 e. The van der Waals surface area contributed by atoms with Crippen molar-refractivity contribution in [3.05, 3.63) is 40.8 Å². The van der Waals surface area contributed by atoms with E-state index < -0.39 is 15.6 Å². The first kappa shape index (κ1) is 16.2. The van der Waals surface area contributed by atoms with Crippen LogP contribution in [0.2, 0.25) is 0 Å². The number of sulfone groups is 1. The van der Waals surface area contributed by atoms with E-state index in [4.69, 9.17) is 9.47 Å². The Labute approximate surface area is 139 Å². The van der Waals surface area contributed by atoms with E-state index in [0.29, 0.717) is 41.2 Å². The van der Waals surface area contributed by atoms with Gasteiger partial charge in [-0.15, -0.1) is 0 Å². The molecule has 1 spiro atoms. The van der Waals surface area contributed by atoms with Crippen molar-refractivity contribution in [2.45, 2.75) is 36.4 Å². The molecule has 0 unspecified atom stereocenters. The molecule has 1 aromatic carbocycles. The lowest BCUT2D eigenvalue weighted by Gasteiger charge is -2.33. The lowest BCUT2D eigenvalue weighted by atomic mass is 9.89. The molecule has 0 atom stereocenters. The molecule has 0 N–H and O–H groups in total. The normalized spacial score (nSPS) is 21.2. The van der Waals surface area contributed by atoms with Crippen LogP contribution in [0.25, 0.3) is 0 Å². The molecule has 0 aromatic heterocycles. The lowest BCUT2D eigenvalue weighted by molar-refractivity contribution is -0.171. The molecular formula is C16H19BrO4S. The average molecular weight is 387 g/mol. The van der Waals surface area contributed by atoms with Crippen LogP contribution in [0.3, 0.4) is 0 Å². The van der Waals surface area contributed by atoms with Gasteiger partial charge < -0.3 is 9.47 Å². The first-order valence-electron chi connectivity index (χ1n) is 7.42. The lowest BCUT2D eigenvalue weighted by Crippen LogP contribution is -2.33. The molecule has 120 valence electrons. The summed E-state index contributed by atoms with van der Waals surface area (Å²) >= 11 is 3.36. The summed E-state index contributed by atoms with van der Waals surface area (Å²) in [5, 5.41) is 0.342. The molecule has 1 saturated heterocycles. The molecule has 2 aliphatic rings. The molecule has 2 fully saturated rings.